The first-order valence-electron chi connectivity index (χ1n) is 10.3. The Kier molecular flexibility index (Phi) is 7.41. The molecule has 2 heterocycles. The summed E-state index contributed by atoms with van der Waals surface area (Å²) < 4.78 is 7.58. The van der Waals surface area contributed by atoms with E-state index in [0.29, 0.717) is 19.2 Å². The van der Waals surface area contributed by atoms with Gasteiger partial charge in [-0.05, 0) is 51.9 Å². The number of thioether (sulfide) groups is 1. The van der Waals surface area contributed by atoms with Crippen LogP contribution >= 0.6 is 11.8 Å². The van der Waals surface area contributed by atoms with E-state index >= 15 is 0 Å². The zero-order valence-corrected chi connectivity index (χ0v) is 17.6. The highest BCUT2D eigenvalue weighted by Gasteiger charge is 2.33. The number of carbonyl (C=O) groups excluding carboxylic acids is 1. The lowest BCUT2D eigenvalue weighted by Gasteiger charge is -2.31. The smallest absolute Gasteiger partial charge is 0.233 e. The average Bonchev–Trinajstić information content (AvgIpc) is 3.42. The number of nitrogens with zero attached hydrogens (tertiary/aromatic N) is 4. The largest absolute Gasteiger partial charge is 0.382 e. The number of nitrogens with one attached hydrogen (secondary N) is 1. The topological polar surface area (TPSA) is 72.3 Å². The number of piperidine rings is 1. The van der Waals surface area contributed by atoms with Crippen LogP contribution in [0.4, 0.5) is 5.95 Å². The van der Waals surface area contributed by atoms with Crippen molar-refractivity contribution in [1.82, 2.24) is 20.1 Å². The van der Waals surface area contributed by atoms with E-state index in [4.69, 9.17) is 4.74 Å². The molecule has 0 bridgehead atoms. The highest BCUT2D eigenvalue weighted by atomic mass is 32.2. The van der Waals surface area contributed by atoms with Gasteiger partial charge in [-0.2, -0.15) is 0 Å². The van der Waals surface area contributed by atoms with Gasteiger partial charge >= 0.3 is 0 Å². The van der Waals surface area contributed by atoms with Gasteiger partial charge in [0.05, 0.1) is 5.25 Å². The van der Waals surface area contributed by atoms with Crippen molar-refractivity contribution in [3.05, 3.63) is 0 Å². The third kappa shape index (κ3) is 5.60. The number of ether oxygens (including phenoxy) is 1. The summed E-state index contributed by atoms with van der Waals surface area (Å²) >= 11 is 1.52. The first-order valence-corrected chi connectivity index (χ1v) is 11.2. The van der Waals surface area contributed by atoms with Crippen LogP contribution in [-0.4, -0.2) is 58.8 Å². The van der Waals surface area contributed by atoms with Gasteiger partial charge in [-0.15, -0.1) is 10.2 Å². The molecule has 8 heteroatoms. The van der Waals surface area contributed by atoms with E-state index in [1.165, 1.54) is 37.4 Å². The molecule has 0 spiro atoms. The van der Waals surface area contributed by atoms with Crippen LogP contribution in [0.25, 0.3) is 0 Å². The number of hydrogen-bond acceptors (Lipinski definition) is 6. The van der Waals surface area contributed by atoms with Gasteiger partial charge in [0.15, 0.2) is 5.16 Å². The van der Waals surface area contributed by atoms with Gasteiger partial charge in [-0.25, -0.2) is 0 Å². The van der Waals surface area contributed by atoms with Crippen LogP contribution in [0.1, 0.15) is 58.9 Å². The maximum Gasteiger partial charge on any atom is 0.233 e. The average molecular weight is 396 g/mol. The van der Waals surface area contributed by atoms with Crippen molar-refractivity contribution < 1.29 is 9.53 Å². The monoisotopic (exact) mass is 395 g/mol. The number of hydrogen-bond donors (Lipinski definition) is 1. The maximum absolute atomic E-state index is 12.4. The molecule has 1 N–H and O–H groups in total. The maximum atomic E-state index is 12.4. The van der Waals surface area contributed by atoms with Crippen molar-refractivity contribution >= 4 is 23.6 Å². The molecule has 1 atom stereocenters. The summed E-state index contributed by atoms with van der Waals surface area (Å²) in [6, 6.07) is 0.498. The summed E-state index contributed by atoms with van der Waals surface area (Å²) in [6.07, 6.45) is 5.62. The van der Waals surface area contributed by atoms with E-state index in [1.54, 1.807) is 0 Å². The van der Waals surface area contributed by atoms with Crippen LogP contribution < -0.4 is 10.2 Å². The van der Waals surface area contributed by atoms with E-state index in [1.807, 2.05) is 13.8 Å². The molecular formula is C19H33N5O2S. The SMILES string of the molecule is CCOCCCNC(=O)C(C)Sc1nnc(N2CCC(C)CC2)n1C1CC1. The van der Waals surface area contributed by atoms with E-state index < -0.39 is 0 Å². The lowest BCUT2D eigenvalue weighted by molar-refractivity contribution is -0.120. The summed E-state index contributed by atoms with van der Waals surface area (Å²) in [7, 11) is 0. The highest BCUT2D eigenvalue weighted by Crippen LogP contribution is 2.42. The minimum absolute atomic E-state index is 0.0511. The Bertz CT molecular complexity index is 611. The highest BCUT2D eigenvalue weighted by molar-refractivity contribution is 8.00. The minimum Gasteiger partial charge on any atom is -0.382 e. The van der Waals surface area contributed by atoms with E-state index in [9.17, 15) is 4.79 Å². The molecule has 7 nitrogen and oxygen atoms in total. The number of rotatable bonds is 10. The standard InChI is InChI=1S/C19H33N5O2S/c1-4-26-13-5-10-20-17(25)15(3)27-19-22-21-18(24(19)16-6-7-16)23-11-8-14(2)9-12-23/h14-16H,4-13H2,1-3H3,(H,20,25). The number of amides is 1. The predicted molar refractivity (Wildman–Crippen MR) is 108 cm³/mol. The fraction of sp³-hybridized carbons (Fsp3) is 0.842. The lowest BCUT2D eigenvalue weighted by Crippen LogP contribution is -2.35. The Hall–Kier alpha value is -1.28. The van der Waals surface area contributed by atoms with E-state index in [2.05, 4.69) is 31.9 Å². The third-order valence-electron chi connectivity index (χ3n) is 5.25. The molecule has 1 unspecified atom stereocenters. The van der Waals surface area contributed by atoms with Crippen LogP contribution in [-0.2, 0) is 9.53 Å². The van der Waals surface area contributed by atoms with Gasteiger partial charge in [0.25, 0.3) is 0 Å². The first-order chi connectivity index (χ1) is 13.1. The Labute approximate surface area is 166 Å². The summed E-state index contributed by atoms with van der Waals surface area (Å²) in [6.45, 7) is 10.4. The molecule has 1 aliphatic carbocycles. The van der Waals surface area contributed by atoms with Crippen molar-refractivity contribution in [3.63, 3.8) is 0 Å². The Morgan fingerprint density at radius 1 is 1.30 bits per heavy atom. The Balaban J connectivity index is 1.57. The van der Waals surface area contributed by atoms with Crippen molar-refractivity contribution in [2.45, 2.75) is 69.3 Å². The first kappa shape index (κ1) is 20.5. The summed E-state index contributed by atoms with van der Waals surface area (Å²) in [5.41, 5.74) is 0. The number of carbonyl (C=O) groups is 1. The molecule has 2 fully saturated rings. The van der Waals surface area contributed by atoms with Crippen molar-refractivity contribution in [1.29, 1.82) is 0 Å². The molecular weight excluding hydrogens is 362 g/mol. The van der Waals surface area contributed by atoms with Crippen LogP contribution in [0.3, 0.4) is 0 Å². The quantitative estimate of drug-likeness (QED) is 0.485. The zero-order valence-electron chi connectivity index (χ0n) is 16.8. The molecule has 1 saturated heterocycles. The lowest BCUT2D eigenvalue weighted by atomic mass is 10.00. The molecule has 1 aromatic heterocycles. The van der Waals surface area contributed by atoms with Crippen molar-refractivity contribution in [3.8, 4) is 0 Å². The summed E-state index contributed by atoms with van der Waals surface area (Å²) in [5.74, 6) is 1.84. The van der Waals surface area contributed by atoms with Crippen LogP contribution in [0.15, 0.2) is 5.16 Å². The Morgan fingerprint density at radius 2 is 2.04 bits per heavy atom. The number of aromatic nitrogens is 3. The summed E-state index contributed by atoms with van der Waals surface area (Å²) in [4.78, 5) is 14.7. The van der Waals surface area contributed by atoms with Gasteiger partial charge in [0, 0.05) is 38.9 Å². The van der Waals surface area contributed by atoms with E-state index in [-0.39, 0.29) is 11.2 Å². The van der Waals surface area contributed by atoms with Crippen LogP contribution in [0.5, 0.6) is 0 Å². The second-order valence-corrected chi connectivity index (χ2v) is 8.96. The fourth-order valence-electron chi connectivity index (χ4n) is 3.31. The molecule has 1 aliphatic heterocycles. The normalized spacial score (nSPS) is 19.3. The molecule has 27 heavy (non-hydrogen) atoms. The molecule has 0 aromatic carbocycles. The molecule has 152 valence electrons. The molecule has 1 saturated carbocycles. The zero-order chi connectivity index (χ0) is 19.2. The van der Waals surface area contributed by atoms with Gasteiger partial charge in [-0.1, -0.05) is 18.7 Å². The second kappa shape index (κ2) is 9.78. The van der Waals surface area contributed by atoms with Crippen LogP contribution in [0, 0.1) is 5.92 Å². The van der Waals surface area contributed by atoms with Crippen molar-refractivity contribution in [2.24, 2.45) is 5.92 Å². The predicted octanol–water partition coefficient (Wildman–Crippen LogP) is 2.87. The van der Waals surface area contributed by atoms with Crippen LogP contribution in [0.2, 0.25) is 0 Å². The van der Waals surface area contributed by atoms with Crippen molar-refractivity contribution in [2.75, 3.05) is 37.7 Å². The summed E-state index contributed by atoms with van der Waals surface area (Å²) in [5, 5.41) is 12.6. The molecule has 2 aliphatic rings. The van der Waals surface area contributed by atoms with Gasteiger partial charge in [0.2, 0.25) is 11.9 Å². The molecule has 1 aromatic rings. The van der Waals surface area contributed by atoms with Gasteiger partial charge in [-0.3, -0.25) is 9.36 Å². The van der Waals surface area contributed by atoms with E-state index in [0.717, 1.165) is 43.1 Å². The van der Waals surface area contributed by atoms with Gasteiger partial charge in [0.1, 0.15) is 0 Å². The van der Waals surface area contributed by atoms with Gasteiger partial charge < -0.3 is 15.0 Å². The fourth-order valence-corrected chi connectivity index (χ4v) is 4.25. The Morgan fingerprint density at radius 3 is 2.70 bits per heavy atom. The molecule has 3 rings (SSSR count). The minimum atomic E-state index is -0.187. The number of anilines is 1. The molecule has 1 amide bonds. The third-order valence-corrected chi connectivity index (χ3v) is 6.30. The second-order valence-electron chi connectivity index (χ2n) is 7.65. The molecule has 0 radical (unpaired) electrons.